The zero-order valence-electron chi connectivity index (χ0n) is 17.9. The van der Waals surface area contributed by atoms with Gasteiger partial charge in [-0.25, -0.2) is 30.6 Å². The van der Waals surface area contributed by atoms with Gasteiger partial charge in [0, 0.05) is 24.0 Å². The van der Waals surface area contributed by atoms with Gasteiger partial charge in [0.05, 0.1) is 17.1 Å². The molecule has 3 aromatic rings. The standard InChI is InChI=1S/C22H19ClF2N2O5S3/c23-15-3-5-16(6-4-15)34(28,29)22-9-10-27(26-35(30,31)19-2-1-11-33-19)12-14(22)13-32-21-18(25)8-7-17(24)20(21)22/h1-8,11,14,26H,9-10,12-13H2/t14-,22+/m1/s1. The van der Waals surface area contributed by atoms with Crippen LogP contribution in [0.3, 0.4) is 0 Å². The van der Waals surface area contributed by atoms with E-state index >= 15 is 4.39 Å². The number of fused-ring (bicyclic) bond motifs is 3. The largest absolute Gasteiger partial charge is 0.490 e. The number of ether oxygens (including phenoxy) is 1. The molecule has 2 aliphatic heterocycles. The van der Waals surface area contributed by atoms with Crippen molar-refractivity contribution >= 4 is 42.8 Å². The Hall–Kier alpha value is -2.09. The molecule has 5 rings (SSSR count). The second kappa shape index (κ2) is 8.79. The van der Waals surface area contributed by atoms with Crippen molar-refractivity contribution in [3.8, 4) is 5.75 Å². The fourth-order valence-electron chi connectivity index (χ4n) is 4.81. The molecular weight excluding hydrogens is 542 g/mol. The van der Waals surface area contributed by atoms with Gasteiger partial charge in [0.1, 0.15) is 14.8 Å². The summed E-state index contributed by atoms with van der Waals surface area (Å²) in [5, 5.41) is 3.32. The van der Waals surface area contributed by atoms with Crippen LogP contribution >= 0.6 is 22.9 Å². The number of benzene rings is 2. The van der Waals surface area contributed by atoms with Gasteiger partial charge < -0.3 is 4.74 Å². The van der Waals surface area contributed by atoms with Gasteiger partial charge in [-0.15, -0.1) is 16.2 Å². The number of piperidine rings is 1. The Bertz CT molecular complexity index is 1480. The number of nitrogens with zero attached hydrogens (tertiary/aromatic N) is 1. The van der Waals surface area contributed by atoms with E-state index in [2.05, 4.69) is 4.83 Å². The molecule has 0 spiro atoms. The quantitative estimate of drug-likeness (QED) is 0.508. The first-order chi connectivity index (χ1) is 16.6. The first-order valence-corrected chi connectivity index (χ1v) is 14.7. The van der Waals surface area contributed by atoms with Crippen LogP contribution in [-0.2, 0) is 24.6 Å². The summed E-state index contributed by atoms with van der Waals surface area (Å²) < 4.78 is 87.4. The molecule has 186 valence electrons. The Kier molecular flexibility index (Phi) is 6.17. The maximum absolute atomic E-state index is 15.3. The molecule has 0 unspecified atom stereocenters. The zero-order chi connectivity index (χ0) is 25.0. The Morgan fingerprint density at radius 2 is 1.77 bits per heavy atom. The lowest BCUT2D eigenvalue weighted by Crippen LogP contribution is -2.61. The van der Waals surface area contributed by atoms with Crippen LogP contribution in [0, 0.1) is 17.6 Å². The van der Waals surface area contributed by atoms with Crippen molar-refractivity contribution in [1.29, 1.82) is 0 Å². The first kappa shape index (κ1) is 24.6. The third-order valence-electron chi connectivity index (χ3n) is 6.38. The van der Waals surface area contributed by atoms with E-state index in [9.17, 15) is 21.2 Å². The number of sulfonamides is 1. The van der Waals surface area contributed by atoms with Crippen LogP contribution < -0.4 is 9.57 Å². The van der Waals surface area contributed by atoms with Gasteiger partial charge in [0.15, 0.2) is 21.4 Å². The molecule has 0 bridgehead atoms. The summed E-state index contributed by atoms with van der Waals surface area (Å²) in [6.07, 6.45) is -0.202. The maximum atomic E-state index is 15.3. The molecule has 1 saturated heterocycles. The Morgan fingerprint density at radius 3 is 2.46 bits per heavy atom. The molecule has 0 amide bonds. The van der Waals surface area contributed by atoms with Gasteiger partial charge in [-0.3, -0.25) is 0 Å². The Balaban J connectivity index is 1.61. The summed E-state index contributed by atoms with van der Waals surface area (Å²) in [7, 11) is -8.20. The molecule has 0 aliphatic carbocycles. The van der Waals surface area contributed by atoms with Gasteiger partial charge in [0.25, 0.3) is 10.0 Å². The third kappa shape index (κ3) is 3.96. The monoisotopic (exact) mass is 560 g/mol. The summed E-state index contributed by atoms with van der Waals surface area (Å²) in [4.78, 5) is 2.38. The summed E-state index contributed by atoms with van der Waals surface area (Å²) in [6.45, 7) is -0.423. The fourth-order valence-corrected chi connectivity index (χ4v) is 9.33. The molecule has 2 aliphatic rings. The molecule has 2 aromatic carbocycles. The van der Waals surface area contributed by atoms with E-state index in [1.165, 1.54) is 35.3 Å². The number of sulfone groups is 1. The molecule has 7 nitrogen and oxygen atoms in total. The van der Waals surface area contributed by atoms with Crippen LogP contribution in [0.25, 0.3) is 0 Å². The lowest BCUT2D eigenvalue weighted by Gasteiger charge is -2.49. The Morgan fingerprint density at radius 1 is 1.06 bits per heavy atom. The highest BCUT2D eigenvalue weighted by Gasteiger charge is 2.59. The fraction of sp³-hybridized carbons (Fsp3) is 0.273. The van der Waals surface area contributed by atoms with E-state index in [1.807, 2.05) is 0 Å². The molecular formula is C22H19ClF2N2O5S3. The predicted molar refractivity (Wildman–Crippen MR) is 126 cm³/mol. The van der Waals surface area contributed by atoms with Gasteiger partial charge >= 0.3 is 0 Å². The zero-order valence-corrected chi connectivity index (χ0v) is 21.2. The topological polar surface area (TPSA) is 92.8 Å². The number of hydrogen-bond acceptors (Lipinski definition) is 7. The van der Waals surface area contributed by atoms with E-state index in [4.69, 9.17) is 16.3 Å². The summed E-state index contributed by atoms with van der Waals surface area (Å²) >= 11 is 6.98. The number of halogens is 3. The summed E-state index contributed by atoms with van der Waals surface area (Å²) in [5.41, 5.74) is -0.371. The average molecular weight is 561 g/mol. The number of rotatable bonds is 5. The Labute approximate surface area is 210 Å². The van der Waals surface area contributed by atoms with Crippen LogP contribution in [-0.4, -0.2) is 41.5 Å². The molecule has 3 heterocycles. The highest BCUT2D eigenvalue weighted by atomic mass is 35.5. The second-order valence-electron chi connectivity index (χ2n) is 8.31. The van der Waals surface area contributed by atoms with Crippen molar-refractivity contribution in [1.82, 2.24) is 9.84 Å². The van der Waals surface area contributed by atoms with Crippen LogP contribution in [0.1, 0.15) is 12.0 Å². The number of hydrogen-bond donors (Lipinski definition) is 1. The van der Waals surface area contributed by atoms with Crippen molar-refractivity contribution in [3.63, 3.8) is 0 Å². The molecule has 1 fully saturated rings. The lowest BCUT2D eigenvalue weighted by atomic mass is 9.78. The molecule has 35 heavy (non-hydrogen) atoms. The van der Waals surface area contributed by atoms with Crippen molar-refractivity contribution in [2.75, 3.05) is 19.7 Å². The van der Waals surface area contributed by atoms with Gasteiger partial charge in [0.2, 0.25) is 0 Å². The third-order valence-corrected chi connectivity index (χ3v) is 12.0. The normalized spacial score (nSPS) is 22.8. The number of nitrogens with one attached hydrogen (secondary N) is 1. The van der Waals surface area contributed by atoms with Gasteiger partial charge in [-0.05, 0) is 54.3 Å². The highest BCUT2D eigenvalue weighted by molar-refractivity contribution is 7.92. The molecule has 0 radical (unpaired) electrons. The smallest absolute Gasteiger partial charge is 0.262 e. The number of hydrazine groups is 1. The first-order valence-electron chi connectivity index (χ1n) is 10.5. The van der Waals surface area contributed by atoms with Crippen molar-refractivity contribution in [2.24, 2.45) is 5.92 Å². The van der Waals surface area contributed by atoms with Crippen molar-refractivity contribution in [2.45, 2.75) is 20.3 Å². The van der Waals surface area contributed by atoms with E-state index < -0.39 is 47.9 Å². The molecule has 1 aromatic heterocycles. The average Bonchev–Trinajstić information content (AvgIpc) is 3.37. The van der Waals surface area contributed by atoms with Crippen molar-refractivity contribution in [3.05, 3.63) is 76.1 Å². The SMILES string of the molecule is O=S(=O)(NN1CC[C@@]2(S(=O)(=O)c3ccc(Cl)cc3)c3c(F)ccc(F)c3OC[C@H]2C1)c1cccs1. The summed E-state index contributed by atoms with van der Waals surface area (Å²) in [5.74, 6) is -3.12. The molecule has 1 N–H and O–H groups in total. The minimum Gasteiger partial charge on any atom is -0.490 e. The molecule has 0 saturated carbocycles. The van der Waals surface area contributed by atoms with E-state index in [1.54, 1.807) is 11.4 Å². The van der Waals surface area contributed by atoms with Crippen LogP contribution in [0.2, 0.25) is 5.02 Å². The highest BCUT2D eigenvalue weighted by Crippen LogP contribution is 2.54. The minimum absolute atomic E-state index is 0.0662. The van der Waals surface area contributed by atoms with Crippen LogP contribution in [0.4, 0.5) is 8.78 Å². The minimum atomic E-state index is -4.31. The van der Waals surface area contributed by atoms with Gasteiger partial charge in [-0.1, -0.05) is 17.7 Å². The molecule has 13 heteroatoms. The van der Waals surface area contributed by atoms with Crippen molar-refractivity contribution < 1.29 is 30.4 Å². The van der Waals surface area contributed by atoms with Crippen LogP contribution in [0.5, 0.6) is 5.75 Å². The van der Waals surface area contributed by atoms with E-state index in [-0.39, 0.29) is 40.8 Å². The van der Waals surface area contributed by atoms with E-state index in [0.717, 1.165) is 23.5 Å². The summed E-state index contributed by atoms with van der Waals surface area (Å²) in [6, 6.07) is 10.3. The van der Waals surface area contributed by atoms with Crippen LogP contribution in [0.15, 0.2) is 63.0 Å². The predicted octanol–water partition coefficient (Wildman–Crippen LogP) is 3.96. The van der Waals surface area contributed by atoms with E-state index in [0.29, 0.717) is 5.02 Å². The number of thiophene rings is 1. The second-order valence-corrected chi connectivity index (χ2v) is 13.8. The van der Waals surface area contributed by atoms with Gasteiger partial charge in [-0.2, -0.15) is 0 Å². The molecule has 2 atom stereocenters. The lowest BCUT2D eigenvalue weighted by molar-refractivity contribution is 0.0574. The maximum Gasteiger partial charge on any atom is 0.262 e.